The SMILES string of the molecule is NC(=O)c1cc(NCc2ccccc2O)cc(C(N)=O)c1. The highest BCUT2D eigenvalue weighted by molar-refractivity contribution is 5.99. The minimum Gasteiger partial charge on any atom is -0.508 e. The fourth-order valence-corrected chi connectivity index (χ4v) is 1.87. The van der Waals surface area contributed by atoms with Gasteiger partial charge in [-0.15, -0.1) is 0 Å². The molecule has 0 bridgehead atoms. The monoisotopic (exact) mass is 285 g/mol. The molecular weight excluding hydrogens is 270 g/mol. The van der Waals surface area contributed by atoms with Gasteiger partial charge in [0.15, 0.2) is 0 Å². The maximum absolute atomic E-state index is 11.3. The molecule has 0 radical (unpaired) electrons. The van der Waals surface area contributed by atoms with Gasteiger partial charge >= 0.3 is 0 Å². The Morgan fingerprint density at radius 1 is 1.00 bits per heavy atom. The van der Waals surface area contributed by atoms with Gasteiger partial charge in [-0.1, -0.05) is 18.2 Å². The summed E-state index contributed by atoms with van der Waals surface area (Å²) in [5, 5.41) is 12.7. The molecule has 2 rings (SSSR count). The van der Waals surface area contributed by atoms with E-state index in [1.54, 1.807) is 24.3 Å². The van der Waals surface area contributed by atoms with E-state index in [1.165, 1.54) is 18.2 Å². The second-order valence-corrected chi connectivity index (χ2v) is 4.51. The lowest BCUT2D eigenvalue weighted by Crippen LogP contribution is -2.16. The lowest BCUT2D eigenvalue weighted by Gasteiger charge is -2.10. The zero-order valence-corrected chi connectivity index (χ0v) is 11.2. The maximum Gasteiger partial charge on any atom is 0.248 e. The molecule has 2 aromatic carbocycles. The smallest absolute Gasteiger partial charge is 0.248 e. The number of phenolic OH excluding ortho intramolecular Hbond substituents is 1. The van der Waals surface area contributed by atoms with Crippen molar-refractivity contribution in [2.45, 2.75) is 6.54 Å². The van der Waals surface area contributed by atoms with E-state index in [0.717, 1.165) is 0 Å². The van der Waals surface area contributed by atoms with Gasteiger partial charge < -0.3 is 21.9 Å². The standard InChI is InChI=1S/C15H15N3O3/c16-14(20)10-5-11(15(17)21)7-12(6-10)18-8-9-3-1-2-4-13(9)19/h1-7,18-19H,8H2,(H2,16,20)(H2,17,21). The Hall–Kier alpha value is -3.02. The minimum atomic E-state index is -0.649. The van der Waals surface area contributed by atoms with Crippen LogP contribution in [0.2, 0.25) is 0 Å². The predicted molar refractivity (Wildman–Crippen MR) is 78.9 cm³/mol. The van der Waals surface area contributed by atoms with Crippen molar-refractivity contribution >= 4 is 17.5 Å². The summed E-state index contributed by atoms with van der Waals surface area (Å²) in [6.45, 7) is 0.326. The van der Waals surface area contributed by atoms with E-state index in [2.05, 4.69) is 5.32 Å². The molecule has 0 atom stereocenters. The molecule has 6 N–H and O–H groups in total. The Labute approximate surface area is 121 Å². The molecule has 0 unspecified atom stereocenters. The molecular formula is C15H15N3O3. The molecule has 2 aromatic rings. The van der Waals surface area contributed by atoms with Gasteiger partial charge in [0.25, 0.3) is 0 Å². The van der Waals surface area contributed by atoms with Gasteiger partial charge in [0.2, 0.25) is 11.8 Å². The van der Waals surface area contributed by atoms with Crippen molar-refractivity contribution in [2.75, 3.05) is 5.32 Å². The highest BCUT2D eigenvalue weighted by Gasteiger charge is 2.09. The number of hydrogen-bond donors (Lipinski definition) is 4. The number of nitrogens with one attached hydrogen (secondary N) is 1. The number of para-hydroxylation sites is 1. The van der Waals surface area contributed by atoms with E-state index in [-0.39, 0.29) is 16.9 Å². The summed E-state index contributed by atoms with van der Waals surface area (Å²) in [5.74, 6) is -1.14. The van der Waals surface area contributed by atoms with Crippen LogP contribution >= 0.6 is 0 Å². The first kappa shape index (κ1) is 14.4. The molecule has 0 fully saturated rings. The second kappa shape index (κ2) is 5.96. The Morgan fingerprint density at radius 3 is 2.10 bits per heavy atom. The van der Waals surface area contributed by atoms with Crippen molar-refractivity contribution in [3.63, 3.8) is 0 Å². The summed E-state index contributed by atoms with van der Waals surface area (Å²) < 4.78 is 0. The first-order valence-electron chi connectivity index (χ1n) is 6.23. The van der Waals surface area contributed by atoms with Crippen LogP contribution in [0.4, 0.5) is 5.69 Å². The number of amides is 2. The summed E-state index contributed by atoms with van der Waals surface area (Å²) in [6.07, 6.45) is 0. The zero-order valence-electron chi connectivity index (χ0n) is 11.2. The highest BCUT2D eigenvalue weighted by atomic mass is 16.3. The van der Waals surface area contributed by atoms with E-state index in [0.29, 0.717) is 17.8 Å². The predicted octanol–water partition coefficient (Wildman–Crippen LogP) is 1.20. The Kier molecular flexibility index (Phi) is 4.08. The van der Waals surface area contributed by atoms with Crippen molar-refractivity contribution in [3.8, 4) is 5.75 Å². The summed E-state index contributed by atoms with van der Waals surface area (Å²) in [4.78, 5) is 22.5. The first-order chi connectivity index (χ1) is 9.97. The third kappa shape index (κ3) is 3.50. The van der Waals surface area contributed by atoms with Gasteiger partial charge in [0, 0.05) is 28.9 Å². The molecule has 0 aromatic heterocycles. The summed E-state index contributed by atoms with van der Waals surface area (Å²) in [7, 11) is 0. The third-order valence-electron chi connectivity index (χ3n) is 2.98. The van der Waals surface area contributed by atoms with Gasteiger partial charge in [-0.25, -0.2) is 0 Å². The molecule has 2 amide bonds. The average Bonchev–Trinajstić information content (AvgIpc) is 2.46. The molecule has 0 aliphatic heterocycles. The molecule has 21 heavy (non-hydrogen) atoms. The van der Waals surface area contributed by atoms with Crippen molar-refractivity contribution in [1.82, 2.24) is 0 Å². The fraction of sp³-hybridized carbons (Fsp3) is 0.0667. The number of carbonyl (C=O) groups is 2. The minimum absolute atomic E-state index is 0.159. The molecule has 0 aliphatic carbocycles. The quantitative estimate of drug-likeness (QED) is 0.660. The van der Waals surface area contributed by atoms with E-state index in [4.69, 9.17) is 11.5 Å². The van der Waals surface area contributed by atoms with Crippen LogP contribution in [0.25, 0.3) is 0 Å². The number of hydrogen-bond acceptors (Lipinski definition) is 4. The lowest BCUT2D eigenvalue weighted by atomic mass is 10.1. The number of anilines is 1. The molecule has 0 heterocycles. The molecule has 0 saturated carbocycles. The summed E-state index contributed by atoms with van der Waals surface area (Å²) in [6, 6.07) is 11.2. The van der Waals surface area contributed by atoms with Gasteiger partial charge in [-0.3, -0.25) is 9.59 Å². The number of primary amides is 2. The third-order valence-corrected chi connectivity index (χ3v) is 2.98. The van der Waals surface area contributed by atoms with E-state index in [9.17, 15) is 14.7 Å². The second-order valence-electron chi connectivity index (χ2n) is 4.51. The molecule has 6 nitrogen and oxygen atoms in total. The number of carbonyl (C=O) groups excluding carboxylic acids is 2. The Bertz CT molecular complexity index is 666. The zero-order chi connectivity index (χ0) is 15.4. The first-order valence-corrected chi connectivity index (χ1v) is 6.23. The Morgan fingerprint density at radius 2 is 1.57 bits per heavy atom. The molecule has 0 spiro atoms. The van der Waals surface area contributed by atoms with Crippen LogP contribution in [0.1, 0.15) is 26.3 Å². The van der Waals surface area contributed by atoms with Crippen molar-refractivity contribution in [2.24, 2.45) is 11.5 Å². The van der Waals surface area contributed by atoms with Crippen LogP contribution in [0.3, 0.4) is 0 Å². The van der Waals surface area contributed by atoms with Crippen molar-refractivity contribution in [3.05, 3.63) is 59.2 Å². The Balaban J connectivity index is 2.25. The maximum atomic E-state index is 11.3. The molecule has 0 aliphatic rings. The number of phenols is 1. The van der Waals surface area contributed by atoms with Crippen LogP contribution < -0.4 is 16.8 Å². The number of benzene rings is 2. The van der Waals surface area contributed by atoms with Crippen LogP contribution in [0.5, 0.6) is 5.75 Å². The van der Waals surface area contributed by atoms with Crippen LogP contribution in [0.15, 0.2) is 42.5 Å². The number of aromatic hydroxyl groups is 1. The normalized spacial score (nSPS) is 10.1. The molecule has 6 heteroatoms. The number of nitrogens with two attached hydrogens (primary N) is 2. The average molecular weight is 285 g/mol. The van der Waals surface area contributed by atoms with Gasteiger partial charge in [0.1, 0.15) is 5.75 Å². The van der Waals surface area contributed by atoms with Crippen LogP contribution in [0, 0.1) is 0 Å². The van der Waals surface area contributed by atoms with Crippen molar-refractivity contribution in [1.29, 1.82) is 0 Å². The fourth-order valence-electron chi connectivity index (χ4n) is 1.87. The topological polar surface area (TPSA) is 118 Å². The lowest BCUT2D eigenvalue weighted by molar-refractivity contribution is 0.0999. The van der Waals surface area contributed by atoms with Gasteiger partial charge in [0.05, 0.1) is 0 Å². The van der Waals surface area contributed by atoms with E-state index < -0.39 is 11.8 Å². The summed E-state index contributed by atoms with van der Waals surface area (Å²) in [5.41, 5.74) is 12.0. The van der Waals surface area contributed by atoms with Crippen LogP contribution in [-0.2, 0) is 6.54 Å². The summed E-state index contributed by atoms with van der Waals surface area (Å²) >= 11 is 0. The molecule has 0 saturated heterocycles. The molecule has 108 valence electrons. The van der Waals surface area contributed by atoms with E-state index >= 15 is 0 Å². The van der Waals surface area contributed by atoms with Crippen molar-refractivity contribution < 1.29 is 14.7 Å². The largest absolute Gasteiger partial charge is 0.508 e. The van der Waals surface area contributed by atoms with Gasteiger partial charge in [-0.2, -0.15) is 0 Å². The number of rotatable bonds is 5. The van der Waals surface area contributed by atoms with Gasteiger partial charge in [-0.05, 0) is 24.3 Å². The van der Waals surface area contributed by atoms with E-state index in [1.807, 2.05) is 0 Å². The highest BCUT2D eigenvalue weighted by Crippen LogP contribution is 2.19. The van der Waals surface area contributed by atoms with Crippen LogP contribution in [-0.4, -0.2) is 16.9 Å².